The molecule has 20 heavy (non-hydrogen) atoms. The van der Waals surface area contributed by atoms with Gasteiger partial charge in [-0.25, -0.2) is 4.98 Å². The van der Waals surface area contributed by atoms with Crippen LogP contribution in [-0.2, 0) is 0 Å². The highest BCUT2D eigenvalue weighted by atomic mass is 15.2. The normalized spacial score (nSPS) is 18.9. The zero-order chi connectivity index (χ0) is 14.8. The smallest absolute Gasteiger partial charge is 0.224 e. The summed E-state index contributed by atoms with van der Waals surface area (Å²) in [5.41, 5.74) is 1.66. The zero-order valence-electron chi connectivity index (χ0n) is 13.5. The second kappa shape index (κ2) is 5.98. The van der Waals surface area contributed by atoms with Gasteiger partial charge in [0.05, 0.1) is 0 Å². The highest BCUT2D eigenvalue weighted by Gasteiger charge is 2.29. The predicted molar refractivity (Wildman–Crippen MR) is 85.4 cm³/mol. The number of nitrogens with one attached hydrogen (secondary N) is 1. The number of rotatable bonds is 4. The second-order valence-electron chi connectivity index (χ2n) is 6.74. The summed E-state index contributed by atoms with van der Waals surface area (Å²) >= 11 is 0. The monoisotopic (exact) mass is 276 g/mol. The van der Waals surface area contributed by atoms with Gasteiger partial charge in [0.2, 0.25) is 5.95 Å². The second-order valence-corrected chi connectivity index (χ2v) is 6.74. The third-order valence-electron chi connectivity index (χ3n) is 4.47. The highest BCUT2D eigenvalue weighted by molar-refractivity contribution is 5.49. The lowest BCUT2D eigenvalue weighted by Gasteiger charge is -2.39. The maximum absolute atomic E-state index is 4.68. The SMILES string of the molecule is CCNc1ncc(C)c(N(C)C2CCC(C)(C)CC2)n1. The molecule has 1 saturated carbocycles. The average molecular weight is 276 g/mol. The summed E-state index contributed by atoms with van der Waals surface area (Å²) in [6.07, 6.45) is 7.02. The van der Waals surface area contributed by atoms with Crippen molar-refractivity contribution in [1.82, 2.24) is 9.97 Å². The minimum Gasteiger partial charge on any atom is -0.356 e. The van der Waals surface area contributed by atoms with Gasteiger partial charge in [0.15, 0.2) is 0 Å². The third-order valence-corrected chi connectivity index (χ3v) is 4.47. The minimum absolute atomic E-state index is 0.507. The van der Waals surface area contributed by atoms with E-state index in [0.29, 0.717) is 11.5 Å². The molecule has 0 radical (unpaired) electrons. The lowest BCUT2D eigenvalue weighted by Crippen LogP contribution is -2.38. The Morgan fingerprint density at radius 3 is 2.60 bits per heavy atom. The molecule has 0 bridgehead atoms. The molecule has 112 valence electrons. The van der Waals surface area contributed by atoms with E-state index in [0.717, 1.165) is 23.9 Å². The molecule has 4 nitrogen and oxygen atoms in total. The summed E-state index contributed by atoms with van der Waals surface area (Å²) in [5.74, 6) is 1.80. The molecule has 0 amide bonds. The summed E-state index contributed by atoms with van der Waals surface area (Å²) in [7, 11) is 2.17. The van der Waals surface area contributed by atoms with E-state index in [1.165, 1.54) is 25.7 Å². The summed E-state index contributed by atoms with van der Waals surface area (Å²) < 4.78 is 0. The number of hydrogen-bond donors (Lipinski definition) is 1. The van der Waals surface area contributed by atoms with Crippen molar-refractivity contribution in [3.8, 4) is 0 Å². The Kier molecular flexibility index (Phi) is 4.51. The molecule has 1 aliphatic carbocycles. The Morgan fingerprint density at radius 2 is 2.00 bits per heavy atom. The molecule has 1 aromatic rings. The first-order chi connectivity index (χ1) is 9.43. The lowest BCUT2D eigenvalue weighted by atomic mass is 9.75. The Balaban J connectivity index is 2.12. The van der Waals surface area contributed by atoms with Crippen molar-refractivity contribution in [2.75, 3.05) is 23.8 Å². The fourth-order valence-corrected chi connectivity index (χ4v) is 2.98. The average Bonchev–Trinajstić information content (AvgIpc) is 2.40. The van der Waals surface area contributed by atoms with E-state index in [1.807, 2.05) is 6.20 Å². The maximum Gasteiger partial charge on any atom is 0.224 e. The fourth-order valence-electron chi connectivity index (χ4n) is 2.98. The van der Waals surface area contributed by atoms with Gasteiger partial charge in [-0.05, 0) is 44.9 Å². The minimum atomic E-state index is 0.507. The molecular weight excluding hydrogens is 248 g/mol. The van der Waals surface area contributed by atoms with Crippen molar-refractivity contribution in [2.45, 2.75) is 59.4 Å². The molecule has 2 rings (SSSR count). The van der Waals surface area contributed by atoms with Gasteiger partial charge in [-0.3, -0.25) is 0 Å². The molecular formula is C16H28N4. The van der Waals surface area contributed by atoms with Crippen LogP contribution < -0.4 is 10.2 Å². The number of nitrogens with zero attached hydrogens (tertiary/aromatic N) is 3. The molecule has 1 N–H and O–H groups in total. The van der Waals surface area contributed by atoms with Crippen LogP contribution in [0.25, 0.3) is 0 Å². The van der Waals surface area contributed by atoms with Gasteiger partial charge in [-0.1, -0.05) is 13.8 Å². The zero-order valence-corrected chi connectivity index (χ0v) is 13.5. The third kappa shape index (κ3) is 3.41. The van der Waals surface area contributed by atoms with E-state index in [4.69, 9.17) is 0 Å². The number of aromatic nitrogens is 2. The van der Waals surface area contributed by atoms with Gasteiger partial charge in [-0.15, -0.1) is 0 Å². The maximum atomic E-state index is 4.68. The fraction of sp³-hybridized carbons (Fsp3) is 0.750. The van der Waals surface area contributed by atoms with Crippen LogP contribution in [0.15, 0.2) is 6.20 Å². The van der Waals surface area contributed by atoms with E-state index in [2.05, 4.69) is 54.9 Å². The number of aryl methyl sites for hydroxylation is 1. The van der Waals surface area contributed by atoms with Gasteiger partial charge in [0, 0.05) is 31.4 Å². The quantitative estimate of drug-likeness (QED) is 0.912. The molecule has 0 aliphatic heterocycles. The summed E-state index contributed by atoms with van der Waals surface area (Å²) in [6.45, 7) is 9.76. The highest BCUT2D eigenvalue weighted by Crippen LogP contribution is 2.37. The van der Waals surface area contributed by atoms with Crippen molar-refractivity contribution in [2.24, 2.45) is 5.41 Å². The number of anilines is 2. The molecule has 1 fully saturated rings. The molecule has 1 aromatic heterocycles. The van der Waals surface area contributed by atoms with Gasteiger partial charge in [0.1, 0.15) is 5.82 Å². The van der Waals surface area contributed by atoms with Gasteiger partial charge < -0.3 is 10.2 Å². The first-order valence-electron chi connectivity index (χ1n) is 7.73. The molecule has 0 saturated heterocycles. The first-order valence-corrected chi connectivity index (χ1v) is 7.73. The summed E-state index contributed by atoms with van der Waals surface area (Å²) in [5, 5.41) is 3.20. The Bertz CT molecular complexity index is 446. The molecule has 1 aliphatic rings. The van der Waals surface area contributed by atoms with Crippen LogP contribution in [0.3, 0.4) is 0 Å². The topological polar surface area (TPSA) is 41.1 Å². The van der Waals surface area contributed by atoms with E-state index >= 15 is 0 Å². The van der Waals surface area contributed by atoms with Crippen LogP contribution in [-0.4, -0.2) is 29.6 Å². The van der Waals surface area contributed by atoms with Crippen molar-refractivity contribution in [3.05, 3.63) is 11.8 Å². The van der Waals surface area contributed by atoms with Crippen LogP contribution >= 0.6 is 0 Å². The Morgan fingerprint density at radius 1 is 1.35 bits per heavy atom. The molecule has 0 spiro atoms. The van der Waals surface area contributed by atoms with Crippen LogP contribution in [0.2, 0.25) is 0 Å². The summed E-state index contributed by atoms with van der Waals surface area (Å²) in [4.78, 5) is 11.4. The van der Waals surface area contributed by atoms with Crippen LogP contribution in [0.5, 0.6) is 0 Å². The summed E-state index contributed by atoms with van der Waals surface area (Å²) in [6, 6.07) is 0.603. The van der Waals surface area contributed by atoms with Gasteiger partial charge >= 0.3 is 0 Å². The lowest BCUT2D eigenvalue weighted by molar-refractivity contribution is 0.222. The van der Waals surface area contributed by atoms with Crippen molar-refractivity contribution in [1.29, 1.82) is 0 Å². The Labute approximate surface area is 123 Å². The van der Waals surface area contributed by atoms with Crippen molar-refractivity contribution < 1.29 is 0 Å². The van der Waals surface area contributed by atoms with E-state index in [-0.39, 0.29) is 0 Å². The molecule has 1 heterocycles. The first kappa shape index (κ1) is 15.1. The van der Waals surface area contributed by atoms with Crippen LogP contribution in [0, 0.1) is 12.3 Å². The standard InChI is InChI=1S/C16H28N4/c1-6-17-15-18-11-12(2)14(19-15)20(5)13-7-9-16(3,4)10-8-13/h11,13H,6-10H2,1-5H3,(H,17,18,19). The van der Waals surface area contributed by atoms with Crippen LogP contribution in [0.4, 0.5) is 11.8 Å². The largest absolute Gasteiger partial charge is 0.356 e. The molecule has 0 aromatic carbocycles. The molecule has 0 unspecified atom stereocenters. The predicted octanol–water partition coefficient (Wildman–Crippen LogP) is 3.62. The molecule has 0 atom stereocenters. The van der Waals surface area contributed by atoms with E-state index in [1.54, 1.807) is 0 Å². The van der Waals surface area contributed by atoms with Crippen LogP contribution in [0.1, 0.15) is 52.0 Å². The van der Waals surface area contributed by atoms with Crippen molar-refractivity contribution in [3.63, 3.8) is 0 Å². The van der Waals surface area contributed by atoms with E-state index < -0.39 is 0 Å². The Hall–Kier alpha value is -1.32. The van der Waals surface area contributed by atoms with E-state index in [9.17, 15) is 0 Å². The number of hydrogen-bond acceptors (Lipinski definition) is 4. The molecule has 4 heteroatoms. The van der Waals surface area contributed by atoms with Crippen molar-refractivity contribution >= 4 is 11.8 Å². The van der Waals surface area contributed by atoms with Gasteiger partial charge in [-0.2, -0.15) is 4.98 Å². The van der Waals surface area contributed by atoms with Gasteiger partial charge in [0.25, 0.3) is 0 Å².